The second kappa shape index (κ2) is 10.9. The lowest BCUT2D eigenvalue weighted by atomic mass is 10.2. The molecule has 114 valence electrons. The van der Waals surface area contributed by atoms with E-state index in [-0.39, 0.29) is 0 Å². The number of nitrogens with one attached hydrogen (secondary N) is 1. The Morgan fingerprint density at radius 2 is 2.05 bits per heavy atom. The van der Waals surface area contributed by atoms with Gasteiger partial charge in [-0.15, -0.1) is 0 Å². The van der Waals surface area contributed by atoms with Crippen LogP contribution in [0.5, 0.6) is 11.5 Å². The van der Waals surface area contributed by atoms with Gasteiger partial charge >= 0.3 is 0 Å². The highest BCUT2D eigenvalue weighted by molar-refractivity contribution is 7.99. The van der Waals surface area contributed by atoms with Crippen LogP contribution in [0.2, 0.25) is 0 Å². The van der Waals surface area contributed by atoms with E-state index in [1.807, 2.05) is 17.8 Å². The van der Waals surface area contributed by atoms with Crippen molar-refractivity contribution in [2.75, 3.05) is 31.8 Å². The zero-order valence-corrected chi connectivity index (χ0v) is 13.7. The number of rotatable bonds is 11. The molecular formula is C16H27NO2S. The summed E-state index contributed by atoms with van der Waals surface area (Å²) in [5, 5.41) is 3.40. The third kappa shape index (κ3) is 6.53. The fourth-order valence-corrected chi connectivity index (χ4v) is 2.45. The molecule has 0 aromatic heterocycles. The molecule has 1 aromatic rings. The normalized spacial score (nSPS) is 10.6. The molecule has 0 heterocycles. The van der Waals surface area contributed by atoms with E-state index in [1.54, 1.807) is 7.11 Å². The molecule has 1 rings (SSSR count). The van der Waals surface area contributed by atoms with Crippen LogP contribution < -0.4 is 14.8 Å². The molecule has 1 aromatic carbocycles. The predicted molar refractivity (Wildman–Crippen MR) is 88.1 cm³/mol. The monoisotopic (exact) mass is 297 g/mol. The van der Waals surface area contributed by atoms with Gasteiger partial charge in [-0.2, -0.15) is 11.8 Å². The topological polar surface area (TPSA) is 30.5 Å². The highest BCUT2D eigenvalue weighted by Crippen LogP contribution is 2.28. The lowest BCUT2D eigenvalue weighted by molar-refractivity contribution is 0.295. The van der Waals surface area contributed by atoms with Crippen molar-refractivity contribution in [3.8, 4) is 11.5 Å². The van der Waals surface area contributed by atoms with E-state index in [2.05, 4.69) is 31.3 Å². The summed E-state index contributed by atoms with van der Waals surface area (Å²) in [5.74, 6) is 3.98. The fourth-order valence-electron chi connectivity index (χ4n) is 1.84. The van der Waals surface area contributed by atoms with Crippen LogP contribution in [0.1, 0.15) is 32.3 Å². The first-order chi connectivity index (χ1) is 9.81. The Labute approximate surface area is 127 Å². The summed E-state index contributed by atoms with van der Waals surface area (Å²) in [6.45, 7) is 7.01. The number of methoxy groups -OCH3 is 1. The lowest BCUT2D eigenvalue weighted by Crippen LogP contribution is -2.13. The first kappa shape index (κ1) is 17.2. The molecule has 4 heteroatoms. The molecule has 20 heavy (non-hydrogen) atoms. The van der Waals surface area contributed by atoms with Crippen LogP contribution in [0.25, 0.3) is 0 Å². The standard InChI is InChI=1S/C16H27NO2S/c1-4-9-17-13-14-7-8-15(18-3)16(12-14)19-10-6-11-20-5-2/h7-8,12,17H,4-6,9-11,13H2,1-3H3. The van der Waals surface area contributed by atoms with E-state index in [0.29, 0.717) is 0 Å². The van der Waals surface area contributed by atoms with Gasteiger partial charge in [0.15, 0.2) is 11.5 Å². The molecule has 0 atom stereocenters. The van der Waals surface area contributed by atoms with Gasteiger partial charge in [0.05, 0.1) is 13.7 Å². The summed E-state index contributed by atoms with van der Waals surface area (Å²) < 4.78 is 11.2. The van der Waals surface area contributed by atoms with E-state index >= 15 is 0 Å². The van der Waals surface area contributed by atoms with Crippen molar-refractivity contribution in [1.29, 1.82) is 0 Å². The highest BCUT2D eigenvalue weighted by Gasteiger charge is 2.05. The third-order valence-corrected chi connectivity index (χ3v) is 3.86. The van der Waals surface area contributed by atoms with Gasteiger partial charge in [0.1, 0.15) is 0 Å². The first-order valence-corrected chi connectivity index (χ1v) is 8.55. The van der Waals surface area contributed by atoms with Gasteiger partial charge in [-0.25, -0.2) is 0 Å². The Hall–Kier alpha value is -0.870. The number of hydrogen-bond acceptors (Lipinski definition) is 4. The molecule has 0 fully saturated rings. The smallest absolute Gasteiger partial charge is 0.161 e. The summed E-state index contributed by atoms with van der Waals surface area (Å²) in [7, 11) is 1.68. The van der Waals surface area contributed by atoms with E-state index in [9.17, 15) is 0 Å². The Bertz CT molecular complexity index is 371. The maximum atomic E-state index is 5.86. The van der Waals surface area contributed by atoms with E-state index < -0.39 is 0 Å². The molecule has 0 radical (unpaired) electrons. The van der Waals surface area contributed by atoms with Gasteiger partial charge in [-0.1, -0.05) is 19.9 Å². The second-order valence-corrected chi connectivity index (χ2v) is 5.95. The van der Waals surface area contributed by atoms with Gasteiger partial charge < -0.3 is 14.8 Å². The van der Waals surface area contributed by atoms with Crippen LogP contribution in [-0.2, 0) is 6.54 Å². The number of ether oxygens (including phenoxy) is 2. The fraction of sp³-hybridized carbons (Fsp3) is 0.625. The van der Waals surface area contributed by atoms with Gasteiger partial charge in [-0.3, -0.25) is 0 Å². The minimum absolute atomic E-state index is 0.745. The van der Waals surface area contributed by atoms with Gasteiger partial charge in [0.2, 0.25) is 0 Å². The van der Waals surface area contributed by atoms with Crippen LogP contribution in [-0.4, -0.2) is 31.8 Å². The van der Waals surface area contributed by atoms with Crippen molar-refractivity contribution in [2.24, 2.45) is 0 Å². The highest BCUT2D eigenvalue weighted by atomic mass is 32.2. The number of hydrogen-bond donors (Lipinski definition) is 1. The molecule has 0 bridgehead atoms. The van der Waals surface area contributed by atoms with Crippen molar-refractivity contribution < 1.29 is 9.47 Å². The summed E-state index contributed by atoms with van der Waals surface area (Å²) in [5.41, 5.74) is 1.23. The Balaban J connectivity index is 2.50. The Morgan fingerprint density at radius 1 is 1.20 bits per heavy atom. The summed E-state index contributed by atoms with van der Waals surface area (Å²) in [6.07, 6.45) is 2.22. The lowest BCUT2D eigenvalue weighted by Gasteiger charge is -2.12. The molecule has 0 spiro atoms. The minimum atomic E-state index is 0.745. The zero-order valence-electron chi connectivity index (χ0n) is 12.9. The molecule has 0 amide bonds. The minimum Gasteiger partial charge on any atom is -0.493 e. The Morgan fingerprint density at radius 3 is 2.75 bits per heavy atom. The van der Waals surface area contributed by atoms with Gasteiger partial charge in [0, 0.05) is 6.54 Å². The third-order valence-electron chi connectivity index (χ3n) is 2.88. The van der Waals surface area contributed by atoms with Crippen LogP contribution in [0.4, 0.5) is 0 Å². The molecule has 0 aliphatic heterocycles. The second-order valence-electron chi connectivity index (χ2n) is 4.56. The van der Waals surface area contributed by atoms with Gasteiger partial charge in [-0.05, 0) is 48.6 Å². The van der Waals surface area contributed by atoms with Crippen LogP contribution in [0.3, 0.4) is 0 Å². The first-order valence-electron chi connectivity index (χ1n) is 7.40. The Kier molecular flexibility index (Phi) is 9.33. The van der Waals surface area contributed by atoms with Crippen LogP contribution in [0.15, 0.2) is 18.2 Å². The van der Waals surface area contributed by atoms with Crippen LogP contribution >= 0.6 is 11.8 Å². The van der Waals surface area contributed by atoms with E-state index in [4.69, 9.17) is 9.47 Å². The maximum absolute atomic E-state index is 5.86. The van der Waals surface area contributed by atoms with Crippen molar-refractivity contribution in [1.82, 2.24) is 5.32 Å². The average molecular weight is 297 g/mol. The molecule has 0 saturated heterocycles. The predicted octanol–water partition coefficient (Wildman–Crippen LogP) is 3.72. The summed E-state index contributed by atoms with van der Waals surface area (Å²) in [4.78, 5) is 0. The van der Waals surface area contributed by atoms with Crippen molar-refractivity contribution in [3.63, 3.8) is 0 Å². The average Bonchev–Trinajstić information content (AvgIpc) is 2.47. The van der Waals surface area contributed by atoms with E-state index in [0.717, 1.165) is 49.8 Å². The van der Waals surface area contributed by atoms with E-state index in [1.165, 1.54) is 11.3 Å². The molecule has 1 N–H and O–H groups in total. The molecule has 0 aliphatic rings. The maximum Gasteiger partial charge on any atom is 0.161 e. The number of thioether (sulfide) groups is 1. The molecule has 3 nitrogen and oxygen atoms in total. The molecule has 0 saturated carbocycles. The summed E-state index contributed by atoms with van der Waals surface area (Å²) in [6, 6.07) is 6.15. The van der Waals surface area contributed by atoms with Crippen molar-refractivity contribution in [2.45, 2.75) is 33.2 Å². The molecular weight excluding hydrogens is 270 g/mol. The largest absolute Gasteiger partial charge is 0.493 e. The van der Waals surface area contributed by atoms with Gasteiger partial charge in [0.25, 0.3) is 0 Å². The quantitative estimate of drug-likeness (QED) is 0.631. The molecule has 0 unspecified atom stereocenters. The number of benzene rings is 1. The molecule has 0 aliphatic carbocycles. The van der Waals surface area contributed by atoms with Crippen LogP contribution in [0, 0.1) is 0 Å². The summed E-state index contributed by atoms with van der Waals surface area (Å²) >= 11 is 1.95. The van der Waals surface area contributed by atoms with Crippen molar-refractivity contribution >= 4 is 11.8 Å². The SMILES string of the molecule is CCCNCc1ccc(OC)c(OCCCSCC)c1. The zero-order chi connectivity index (χ0) is 14.6. The van der Waals surface area contributed by atoms with Crippen molar-refractivity contribution in [3.05, 3.63) is 23.8 Å².